The number of benzene rings is 1. The molecule has 2 bridgehead atoms. The van der Waals surface area contributed by atoms with Gasteiger partial charge in [-0.3, -0.25) is 0 Å². The molecule has 2 aliphatic carbocycles. The summed E-state index contributed by atoms with van der Waals surface area (Å²) in [6.45, 7) is 0. The number of nitrogens with zero attached hydrogens (tertiary/aromatic N) is 7. The molecule has 0 unspecified atom stereocenters. The molecule has 9 nitrogen and oxygen atoms in total. The standard InChI is InChI=1S/C24H21F2N7O2S/c1-36(34,35)10-7-20-28-13-33(32-20)23-27-9-6-19(29-23)24-8-5-14(12-24)15-11-18(30-31-22(15)24)21-16(25)3-2-4-17(21)26/h2-4,6,9,11,13-14H,5,7-8,10,12H2,1H3/t14-,24+/m1/s1. The van der Waals surface area contributed by atoms with E-state index in [1.165, 1.54) is 35.5 Å². The molecule has 0 N–H and O–H groups in total. The van der Waals surface area contributed by atoms with Gasteiger partial charge in [-0.25, -0.2) is 32.2 Å². The van der Waals surface area contributed by atoms with E-state index >= 15 is 0 Å². The Balaban J connectivity index is 1.35. The molecule has 3 heterocycles. The Morgan fingerprint density at radius 3 is 2.72 bits per heavy atom. The molecule has 1 saturated carbocycles. The SMILES string of the molecule is CS(=O)(=O)CCc1ncn(-c2nccc([C@]34CC[C@H](C3)c3cc(-c5c(F)cccc5F)nnc34)n2)n1. The predicted octanol–water partition coefficient (Wildman–Crippen LogP) is 2.95. The van der Waals surface area contributed by atoms with Crippen molar-refractivity contribution in [3.63, 3.8) is 0 Å². The monoisotopic (exact) mass is 509 g/mol. The molecule has 12 heteroatoms. The van der Waals surface area contributed by atoms with Crippen LogP contribution in [0.15, 0.2) is 42.9 Å². The van der Waals surface area contributed by atoms with Crippen molar-refractivity contribution in [3.05, 3.63) is 77.3 Å². The molecule has 36 heavy (non-hydrogen) atoms. The Morgan fingerprint density at radius 1 is 1.14 bits per heavy atom. The highest BCUT2D eigenvalue weighted by molar-refractivity contribution is 7.90. The molecule has 2 aliphatic rings. The predicted molar refractivity (Wildman–Crippen MR) is 125 cm³/mol. The lowest BCUT2D eigenvalue weighted by atomic mass is 9.80. The highest BCUT2D eigenvalue weighted by atomic mass is 32.2. The Labute approximate surface area is 205 Å². The van der Waals surface area contributed by atoms with Gasteiger partial charge in [0.1, 0.15) is 27.8 Å². The van der Waals surface area contributed by atoms with Crippen molar-refractivity contribution >= 4 is 9.84 Å². The van der Waals surface area contributed by atoms with Crippen molar-refractivity contribution < 1.29 is 17.2 Å². The second-order valence-corrected chi connectivity index (χ2v) is 11.6. The van der Waals surface area contributed by atoms with Gasteiger partial charge in [0, 0.05) is 18.9 Å². The van der Waals surface area contributed by atoms with E-state index in [2.05, 4.69) is 25.3 Å². The Kier molecular flexibility index (Phi) is 5.18. The van der Waals surface area contributed by atoms with E-state index in [0.29, 0.717) is 11.8 Å². The minimum absolute atomic E-state index is 0.0450. The van der Waals surface area contributed by atoms with Crippen LogP contribution in [-0.4, -0.2) is 55.4 Å². The van der Waals surface area contributed by atoms with Crippen LogP contribution in [0.4, 0.5) is 8.78 Å². The molecule has 0 aliphatic heterocycles. The van der Waals surface area contributed by atoms with Crippen LogP contribution in [0, 0.1) is 11.6 Å². The molecule has 0 amide bonds. The van der Waals surface area contributed by atoms with Gasteiger partial charge < -0.3 is 0 Å². The number of sulfone groups is 1. The van der Waals surface area contributed by atoms with Gasteiger partial charge in [0.2, 0.25) is 0 Å². The fourth-order valence-electron chi connectivity index (χ4n) is 5.34. The third-order valence-electron chi connectivity index (χ3n) is 7.02. The maximum atomic E-state index is 14.4. The molecule has 1 fully saturated rings. The number of hydrogen-bond donors (Lipinski definition) is 0. The molecule has 1 aromatic carbocycles. The number of hydrogen-bond acceptors (Lipinski definition) is 8. The highest BCUT2D eigenvalue weighted by Crippen LogP contribution is 2.59. The molecule has 4 aromatic rings. The Hall–Kier alpha value is -3.67. The van der Waals surface area contributed by atoms with Crippen LogP contribution >= 0.6 is 0 Å². The molecule has 184 valence electrons. The van der Waals surface area contributed by atoms with Gasteiger partial charge in [-0.2, -0.15) is 9.78 Å². The first-order chi connectivity index (χ1) is 17.2. The zero-order valence-corrected chi connectivity index (χ0v) is 20.1. The zero-order chi connectivity index (χ0) is 25.1. The third kappa shape index (κ3) is 3.76. The van der Waals surface area contributed by atoms with E-state index in [-0.39, 0.29) is 29.3 Å². The Bertz CT molecular complexity index is 1590. The van der Waals surface area contributed by atoms with E-state index in [9.17, 15) is 17.2 Å². The Morgan fingerprint density at radius 2 is 1.94 bits per heavy atom. The van der Waals surface area contributed by atoms with Gasteiger partial charge >= 0.3 is 0 Å². The first-order valence-electron chi connectivity index (χ1n) is 11.5. The second-order valence-electron chi connectivity index (χ2n) is 9.38. The zero-order valence-electron chi connectivity index (χ0n) is 19.3. The van der Waals surface area contributed by atoms with Gasteiger partial charge in [0.05, 0.1) is 33.8 Å². The van der Waals surface area contributed by atoms with Gasteiger partial charge in [0.25, 0.3) is 5.95 Å². The molecule has 6 rings (SSSR count). The molecule has 0 spiro atoms. The van der Waals surface area contributed by atoms with Gasteiger partial charge in [0.15, 0.2) is 5.82 Å². The van der Waals surface area contributed by atoms with E-state index in [4.69, 9.17) is 4.98 Å². The largest absolute Gasteiger partial charge is 0.252 e. The van der Waals surface area contributed by atoms with Gasteiger partial charge in [-0.05, 0) is 55.0 Å². The van der Waals surface area contributed by atoms with Crippen molar-refractivity contribution in [1.29, 1.82) is 0 Å². The van der Waals surface area contributed by atoms with Crippen LogP contribution in [0.5, 0.6) is 0 Å². The van der Waals surface area contributed by atoms with Crippen LogP contribution in [0.2, 0.25) is 0 Å². The summed E-state index contributed by atoms with van der Waals surface area (Å²) in [5, 5.41) is 13.0. The normalized spacial score (nSPS) is 20.6. The summed E-state index contributed by atoms with van der Waals surface area (Å²) in [6.07, 6.45) is 6.97. The van der Waals surface area contributed by atoms with E-state index in [0.717, 1.165) is 36.2 Å². The lowest BCUT2D eigenvalue weighted by Gasteiger charge is -2.27. The van der Waals surface area contributed by atoms with Crippen LogP contribution in [0.1, 0.15) is 48.0 Å². The fourth-order valence-corrected chi connectivity index (χ4v) is 5.90. The maximum absolute atomic E-state index is 14.4. The summed E-state index contributed by atoms with van der Waals surface area (Å²) in [4.78, 5) is 13.3. The van der Waals surface area contributed by atoms with Crippen LogP contribution in [-0.2, 0) is 21.7 Å². The smallest absolute Gasteiger partial charge is 0.229 e. The van der Waals surface area contributed by atoms with Crippen LogP contribution < -0.4 is 0 Å². The summed E-state index contributed by atoms with van der Waals surface area (Å²) in [5.41, 5.74) is 2.01. The maximum Gasteiger partial charge on any atom is 0.252 e. The van der Waals surface area contributed by atoms with Gasteiger partial charge in [-0.15, -0.1) is 10.2 Å². The second kappa shape index (κ2) is 8.19. The first kappa shape index (κ1) is 22.8. The van der Waals surface area contributed by atoms with Crippen LogP contribution in [0.3, 0.4) is 0 Å². The summed E-state index contributed by atoms with van der Waals surface area (Å²) in [5.74, 6) is -0.501. The van der Waals surface area contributed by atoms with E-state index in [1.54, 1.807) is 12.3 Å². The van der Waals surface area contributed by atoms with Crippen molar-refractivity contribution in [1.82, 2.24) is 34.9 Å². The minimum Gasteiger partial charge on any atom is -0.229 e. The number of aromatic nitrogens is 7. The van der Waals surface area contributed by atoms with E-state index in [1.807, 2.05) is 6.07 Å². The molecular weight excluding hydrogens is 488 g/mol. The number of fused-ring (bicyclic) bond motifs is 5. The topological polar surface area (TPSA) is 116 Å². The van der Waals surface area contributed by atoms with Crippen molar-refractivity contribution in [3.8, 4) is 17.2 Å². The third-order valence-corrected chi connectivity index (χ3v) is 7.97. The average molecular weight is 510 g/mol. The summed E-state index contributed by atoms with van der Waals surface area (Å²) in [6, 6.07) is 7.33. The summed E-state index contributed by atoms with van der Waals surface area (Å²) < 4.78 is 53.0. The van der Waals surface area contributed by atoms with Crippen molar-refractivity contribution in [2.24, 2.45) is 0 Å². The lowest BCUT2D eigenvalue weighted by molar-refractivity contribution is 0.506. The lowest BCUT2D eigenvalue weighted by Crippen LogP contribution is -2.27. The minimum atomic E-state index is -3.13. The summed E-state index contributed by atoms with van der Waals surface area (Å²) >= 11 is 0. The average Bonchev–Trinajstić information content (AvgIpc) is 3.58. The highest BCUT2D eigenvalue weighted by Gasteiger charge is 2.53. The fraction of sp³-hybridized carbons (Fsp3) is 0.333. The number of halogens is 2. The first-order valence-corrected chi connectivity index (χ1v) is 13.5. The molecule has 0 saturated heterocycles. The van der Waals surface area contributed by atoms with Gasteiger partial charge in [-0.1, -0.05) is 6.07 Å². The quantitative estimate of drug-likeness (QED) is 0.390. The van der Waals surface area contributed by atoms with Crippen molar-refractivity contribution in [2.45, 2.75) is 37.0 Å². The van der Waals surface area contributed by atoms with E-state index < -0.39 is 26.9 Å². The van der Waals surface area contributed by atoms with Crippen molar-refractivity contribution in [2.75, 3.05) is 12.0 Å². The number of rotatable bonds is 6. The van der Waals surface area contributed by atoms with Crippen LogP contribution in [0.25, 0.3) is 17.2 Å². The number of aryl methyl sites for hydroxylation is 1. The molecule has 2 atom stereocenters. The summed E-state index contributed by atoms with van der Waals surface area (Å²) in [7, 11) is -3.13. The molecule has 0 radical (unpaired) electrons. The molecule has 3 aromatic heterocycles. The molecular formula is C24H21F2N7O2S.